The van der Waals surface area contributed by atoms with Crippen LogP contribution in [-0.4, -0.2) is 24.5 Å². The van der Waals surface area contributed by atoms with Crippen LogP contribution in [0, 0.1) is 11.8 Å². The molecule has 0 spiro atoms. The van der Waals surface area contributed by atoms with Crippen LogP contribution in [0.5, 0.6) is 5.75 Å². The van der Waals surface area contributed by atoms with Crippen molar-refractivity contribution in [2.75, 3.05) is 11.9 Å². The Hall–Kier alpha value is -2.04. The summed E-state index contributed by atoms with van der Waals surface area (Å²) in [6.45, 7) is 6.94. The minimum atomic E-state index is -0.622. The molecule has 132 valence electrons. The normalized spacial score (nSPS) is 20.5. The van der Waals surface area contributed by atoms with Crippen LogP contribution in [0.15, 0.2) is 24.3 Å². The number of anilines is 1. The number of nitrogens with one attached hydrogen (secondary N) is 2. The lowest BCUT2D eigenvalue weighted by Gasteiger charge is -2.29. The SMILES string of the molecule is CC(C)COc1ccc(NC(=O)C(=O)N[C@@H]2CCCC[C@@H]2C)cc1. The lowest BCUT2D eigenvalue weighted by Crippen LogP contribution is -2.45. The third-order valence-electron chi connectivity index (χ3n) is 4.33. The van der Waals surface area contributed by atoms with E-state index in [1.165, 1.54) is 6.42 Å². The molecular weight excluding hydrogens is 304 g/mol. The van der Waals surface area contributed by atoms with E-state index in [0.29, 0.717) is 24.1 Å². The summed E-state index contributed by atoms with van der Waals surface area (Å²) in [5, 5.41) is 5.49. The first kappa shape index (κ1) is 18.3. The molecule has 0 aromatic heterocycles. The second-order valence-corrected chi connectivity index (χ2v) is 7.03. The predicted molar refractivity (Wildman–Crippen MR) is 95.0 cm³/mol. The third kappa shape index (κ3) is 5.55. The topological polar surface area (TPSA) is 67.4 Å². The summed E-state index contributed by atoms with van der Waals surface area (Å²) in [7, 11) is 0. The molecule has 0 bridgehead atoms. The maximum atomic E-state index is 12.1. The number of carbonyl (C=O) groups is 2. The fraction of sp³-hybridized carbons (Fsp3) is 0.579. The summed E-state index contributed by atoms with van der Waals surface area (Å²) in [6, 6.07) is 7.16. The predicted octanol–water partition coefficient (Wildman–Crippen LogP) is 3.35. The second kappa shape index (κ2) is 8.71. The Labute approximate surface area is 144 Å². The number of benzene rings is 1. The van der Waals surface area contributed by atoms with Crippen molar-refractivity contribution in [1.82, 2.24) is 5.32 Å². The van der Waals surface area contributed by atoms with E-state index in [9.17, 15) is 9.59 Å². The first-order valence-electron chi connectivity index (χ1n) is 8.80. The van der Waals surface area contributed by atoms with Gasteiger partial charge in [-0.3, -0.25) is 9.59 Å². The average Bonchev–Trinajstić information content (AvgIpc) is 2.56. The minimum Gasteiger partial charge on any atom is -0.493 e. The van der Waals surface area contributed by atoms with Gasteiger partial charge in [-0.1, -0.05) is 33.6 Å². The van der Waals surface area contributed by atoms with Gasteiger partial charge in [-0.05, 0) is 48.9 Å². The van der Waals surface area contributed by atoms with Crippen molar-refractivity contribution in [2.24, 2.45) is 11.8 Å². The van der Waals surface area contributed by atoms with Crippen molar-refractivity contribution in [3.63, 3.8) is 0 Å². The Kier molecular flexibility index (Phi) is 6.64. The van der Waals surface area contributed by atoms with Gasteiger partial charge in [0.15, 0.2) is 0 Å². The molecule has 1 aromatic rings. The van der Waals surface area contributed by atoms with Gasteiger partial charge >= 0.3 is 11.8 Å². The van der Waals surface area contributed by atoms with E-state index in [1.54, 1.807) is 24.3 Å². The van der Waals surface area contributed by atoms with Gasteiger partial charge in [-0.25, -0.2) is 0 Å². The third-order valence-corrected chi connectivity index (χ3v) is 4.33. The maximum absolute atomic E-state index is 12.1. The van der Waals surface area contributed by atoms with Gasteiger partial charge in [0.25, 0.3) is 0 Å². The summed E-state index contributed by atoms with van der Waals surface area (Å²) in [4.78, 5) is 24.1. The zero-order valence-corrected chi connectivity index (χ0v) is 14.8. The molecule has 1 saturated carbocycles. The zero-order valence-electron chi connectivity index (χ0n) is 14.8. The van der Waals surface area contributed by atoms with Gasteiger partial charge in [0.2, 0.25) is 0 Å². The van der Waals surface area contributed by atoms with Crippen molar-refractivity contribution in [2.45, 2.75) is 52.5 Å². The van der Waals surface area contributed by atoms with Crippen molar-refractivity contribution >= 4 is 17.5 Å². The zero-order chi connectivity index (χ0) is 17.5. The lowest BCUT2D eigenvalue weighted by molar-refractivity contribution is -0.137. The maximum Gasteiger partial charge on any atom is 0.313 e. The highest BCUT2D eigenvalue weighted by Gasteiger charge is 2.25. The molecule has 0 saturated heterocycles. The molecule has 2 amide bonds. The number of rotatable bonds is 5. The molecule has 5 heteroatoms. The summed E-state index contributed by atoms with van der Waals surface area (Å²) in [5.74, 6) is 0.447. The van der Waals surface area contributed by atoms with Crippen molar-refractivity contribution in [3.8, 4) is 5.75 Å². The molecule has 0 radical (unpaired) electrons. The quantitative estimate of drug-likeness (QED) is 0.813. The lowest BCUT2D eigenvalue weighted by atomic mass is 9.86. The molecule has 0 heterocycles. The van der Waals surface area contributed by atoms with Crippen LogP contribution in [-0.2, 0) is 9.59 Å². The van der Waals surface area contributed by atoms with Gasteiger partial charge in [-0.15, -0.1) is 0 Å². The van der Waals surface area contributed by atoms with E-state index in [-0.39, 0.29) is 6.04 Å². The highest BCUT2D eigenvalue weighted by molar-refractivity contribution is 6.39. The van der Waals surface area contributed by atoms with Crippen molar-refractivity contribution in [3.05, 3.63) is 24.3 Å². The Morgan fingerprint density at radius 3 is 2.42 bits per heavy atom. The van der Waals surface area contributed by atoms with E-state index >= 15 is 0 Å². The van der Waals surface area contributed by atoms with Gasteiger partial charge in [0.1, 0.15) is 5.75 Å². The summed E-state index contributed by atoms with van der Waals surface area (Å²) in [6.07, 6.45) is 4.35. The van der Waals surface area contributed by atoms with Crippen LogP contribution >= 0.6 is 0 Å². The molecule has 0 aliphatic heterocycles. The van der Waals surface area contributed by atoms with E-state index < -0.39 is 11.8 Å². The monoisotopic (exact) mass is 332 g/mol. The molecule has 1 aliphatic carbocycles. The van der Waals surface area contributed by atoms with E-state index in [4.69, 9.17) is 4.74 Å². The molecule has 1 aliphatic rings. The molecule has 1 fully saturated rings. The van der Waals surface area contributed by atoms with E-state index in [1.807, 2.05) is 0 Å². The Morgan fingerprint density at radius 2 is 1.79 bits per heavy atom. The average molecular weight is 332 g/mol. The molecule has 5 nitrogen and oxygen atoms in total. The first-order chi connectivity index (χ1) is 11.5. The Morgan fingerprint density at radius 1 is 1.12 bits per heavy atom. The number of hydrogen-bond acceptors (Lipinski definition) is 3. The van der Waals surface area contributed by atoms with E-state index in [2.05, 4.69) is 31.4 Å². The highest BCUT2D eigenvalue weighted by Crippen LogP contribution is 2.23. The first-order valence-corrected chi connectivity index (χ1v) is 8.80. The summed E-state index contributed by atoms with van der Waals surface area (Å²) in [5.41, 5.74) is 0.587. The summed E-state index contributed by atoms with van der Waals surface area (Å²) >= 11 is 0. The standard InChI is InChI=1S/C19H28N2O3/c1-13(2)12-24-16-10-8-15(9-11-16)20-18(22)19(23)21-17-7-5-4-6-14(17)3/h8-11,13-14,17H,4-7,12H2,1-3H3,(H,20,22)(H,21,23)/t14-,17+/m0/s1. The number of hydrogen-bond donors (Lipinski definition) is 2. The smallest absolute Gasteiger partial charge is 0.313 e. The fourth-order valence-electron chi connectivity index (χ4n) is 2.85. The van der Waals surface area contributed by atoms with Crippen LogP contribution in [0.1, 0.15) is 46.5 Å². The molecule has 1 aromatic carbocycles. The van der Waals surface area contributed by atoms with Crippen LogP contribution < -0.4 is 15.4 Å². The number of ether oxygens (including phenoxy) is 1. The van der Waals surface area contributed by atoms with Crippen LogP contribution in [0.2, 0.25) is 0 Å². The van der Waals surface area contributed by atoms with Gasteiger partial charge in [-0.2, -0.15) is 0 Å². The molecule has 2 N–H and O–H groups in total. The van der Waals surface area contributed by atoms with Gasteiger partial charge in [0, 0.05) is 11.7 Å². The Bertz CT molecular complexity index is 554. The second-order valence-electron chi connectivity index (χ2n) is 7.03. The molecule has 0 unspecified atom stereocenters. The molecule has 2 rings (SSSR count). The fourth-order valence-corrected chi connectivity index (χ4v) is 2.85. The highest BCUT2D eigenvalue weighted by atomic mass is 16.5. The van der Waals surface area contributed by atoms with Crippen molar-refractivity contribution < 1.29 is 14.3 Å². The van der Waals surface area contributed by atoms with Gasteiger partial charge < -0.3 is 15.4 Å². The number of amides is 2. The van der Waals surface area contributed by atoms with E-state index in [0.717, 1.165) is 25.0 Å². The van der Waals surface area contributed by atoms with Crippen LogP contribution in [0.3, 0.4) is 0 Å². The molecular formula is C19H28N2O3. The van der Waals surface area contributed by atoms with Crippen LogP contribution in [0.4, 0.5) is 5.69 Å². The molecule has 2 atom stereocenters. The van der Waals surface area contributed by atoms with Crippen LogP contribution in [0.25, 0.3) is 0 Å². The van der Waals surface area contributed by atoms with Gasteiger partial charge in [0.05, 0.1) is 6.61 Å². The summed E-state index contributed by atoms with van der Waals surface area (Å²) < 4.78 is 5.60. The Balaban J connectivity index is 1.83. The van der Waals surface area contributed by atoms with Crippen molar-refractivity contribution in [1.29, 1.82) is 0 Å². The largest absolute Gasteiger partial charge is 0.493 e. The number of carbonyl (C=O) groups excluding carboxylic acids is 2. The minimum absolute atomic E-state index is 0.101. The molecule has 24 heavy (non-hydrogen) atoms.